The number of aromatic amines is 1. The van der Waals surface area contributed by atoms with Gasteiger partial charge in [0.1, 0.15) is 11.6 Å². The third kappa shape index (κ3) is 1.88. The molecule has 0 fully saturated rings. The number of imidazole rings is 1. The lowest BCUT2D eigenvalue weighted by atomic mass is 9.98. The Balaban J connectivity index is 1.97. The summed E-state index contributed by atoms with van der Waals surface area (Å²) >= 11 is 0. The standard InChI is InChI=1S/C14H17N3O/c1-9-16-12-7-8-15-13(14(12)17-9)10-3-5-11(18-2)6-4-10/h3-6,13,15H,7-8H2,1-2H3,(H,16,17). The van der Waals surface area contributed by atoms with Gasteiger partial charge in [0.05, 0.1) is 18.8 Å². The fourth-order valence-corrected chi connectivity index (χ4v) is 2.50. The molecule has 1 unspecified atom stereocenters. The average Bonchev–Trinajstić information content (AvgIpc) is 2.79. The Morgan fingerprint density at radius 2 is 2.06 bits per heavy atom. The van der Waals surface area contributed by atoms with Gasteiger partial charge >= 0.3 is 0 Å². The summed E-state index contributed by atoms with van der Waals surface area (Å²) in [5.74, 6) is 1.87. The molecule has 18 heavy (non-hydrogen) atoms. The van der Waals surface area contributed by atoms with E-state index in [-0.39, 0.29) is 6.04 Å². The van der Waals surface area contributed by atoms with Crippen molar-refractivity contribution >= 4 is 0 Å². The number of methoxy groups -OCH3 is 1. The van der Waals surface area contributed by atoms with Gasteiger partial charge in [-0.05, 0) is 24.6 Å². The number of H-pyrrole nitrogens is 1. The number of hydrogen-bond donors (Lipinski definition) is 2. The molecule has 94 valence electrons. The van der Waals surface area contributed by atoms with Crippen molar-refractivity contribution in [2.45, 2.75) is 19.4 Å². The summed E-state index contributed by atoms with van der Waals surface area (Å²) in [7, 11) is 1.68. The van der Waals surface area contributed by atoms with Crippen LogP contribution in [0.15, 0.2) is 24.3 Å². The van der Waals surface area contributed by atoms with E-state index in [2.05, 4.69) is 27.4 Å². The van der Waals surface area contributed by atoms with Crippen molar-refractivity contribution < 1.29 is 4.74 Å². The lowest BCUT2D eigenvalue weighted by molar-refractivity contribution is 0.414. The minimum atomic E-state index is 0.185. The minimum absolute atomic E-state index is 0.185. The molecule has 2 heterocycles. The molecule has 1 aromatic heterocycles. The Bertz CT molecular complexity index is 545. The SMILES string of the molecule is COc1ccc(C2NCCc3[nH]c(C)nc32)cc1. The Kier molecular flexibility index (Phi) is 2.80. The largest absolute Gasteiger partial charge is 0.497 e. The highest BCUT2D eigenvalue weighted by molar-refractivity contribution is 5.36. The predicted molar refractivity (Wildman–Crippen MR) is 69.9 cm³/mol. The fourth-order valence-electron chi connectivity index (χ4n) is 2.50. The summed E-state index contributed by atoms with van der Waals surface area (Å²) in [4.78, 5) is 7.95. The quantitative estimate of drug-likeness (QED) is 0.847. The Labute approximate surface area is 106 Å². The smallest absolute Gasteiger partial charge is 0.118 e. The lowest BCUT2D eigenvalue weighted by Crippen LogP contribution is -2.30. The van der Waals surface area contributed by atoms with Crippen LogP contribution in [0.2, 0.25) is 0 Å². The first-order chi connectivity index (χ1) is 8.78. The van der Waals surface area contributed by atoms with Crippen molar-refractivity contribution in [1.82, 2.24) is 15.3 Å². The van der Waals surface area contributed by atoms with Crippen LogP contribution in [0.25, 0.3) is 0 Å². The number of benzene rings is 1. The van der Waals surface area contributed by atoms with Crippen LogP contribution in [-0.2, 0) is 6.42 Å². The number of aromatic nitrogens is 2. The molecule has 0 saturated heterocycles. The number of fused-ring (bicyclic) bond motifs is 1. The number of aryl methyl sites for hydroxylation is 1. The maximum absolute atomic E-state index is 5.19. The molecule has 1 aromatic carbocycles. The van der Waals surface area contributed by atoms with Gasteiger partial charge < -0.3 is 15.0 Å². The molecule has 2 aromatic rings. The van der Waals surface area contributed by atoms with Crippen LogP contribution >= 0.6 is 0 Å². The predicted octanol–water partition coefficient (Wildman–Crippen LogP) is 1.96. The summed E-state index contributed by atoms with van der Waals surface area (Å²) in [6.07, 6.45) is 1.02. The van der Waals surface area contributed by atoms with Gasteiger partial charge in [0.2, 0.25) is 0 Å². The van der Waals surface area contributed by atoms with Crippen LogP contribution in [0.5, 0.6) is 5.75 Å². The molecule has 0 radical (unpaired) electrons. The molecule has 0 spiro atoms. The molecule has 0 amide bonds. The van der Waals surface area contributed by atoms with E-state index in [0.717, 1.165) is 30.2 Å². The fraction of sp³-hybridized carbons (Fsp3) is 0.357. The summed E-state index contributed by atoms with van der Waals surface area (Å²) in [5.41, 5.74) is 3.61. The summed E-state index contributed by atoms with van der Waals surface area (Å²) in [6, 6.07) is 8.35. The second-order valence-corrected chi connectivity index (χ2v) is 4.60. The molecule has 0 bridgehead atoms. The van der Waals surface area contributed by atoms with Gasteiger partial charge in [-0.25, -0.2) is 4.98 Å². The molecule has 4 heteroatoms. The Morgan fingerprint density at radius 3 is 2.78 bits per heavy atom. The number of nitrogens with one attached hydrogen (secondary N) is 2. The van der Waals surface area contributed by atoms with Gasteiger partial charge in [-0.1, -0.05) is 12.1 Å². The van der Waals surface area contributed by atoms with Crippen LogP contribution in [0, 0.1) is 6.92 Å². The normalized spacial score (nSPS) is 18.4. The van der Waals surface area contributed by atoms with Crippen LogP contribution in [0.3, 0.4) is 0 Å². The molecule has 2 N–H and O–H groups in total. The van der Waals surface area contributed by atoms with Gasteiger partial charge in [-0.3, -0.25) is 0 Å². The number of hydrogen-bond acceptors (Lipinski definition) is 3. The number of rotatable bonds is 2. The van der Waals surface area contributed by atoms with Crippen LogP contribution in [-0.4, -0.2) is 23.6 Å². The first kappa shape index (κ1) is 11.3. The van der Waals surface area contributed by atoms with Gasteiger partial charge in [-0.2, -0.15) is 0 Å². The zero-order chi connectivity index (χ0) is 12.5. The molecule has 0 aliphatic carbocycles. The summed E-state index contributed by atoms with van der Waals surface area (Å²) in [6.45, 7) is 2.98. The second-order valence-electron chi connectivity index (χ2n) is 4.60. The topological polar surface area (TPSA) is 49.9 Å². The molecule has 1 aliphatic rings. The molecular formula is C14H17N3O. The Hall–Kier alpha value is -1.81. The van der Waals surface area contributed by atoms with Crippen LogP contribution < -0.4 is 10.1 Å². The zero-order valence-corrected chi connectivity index (χ0v) is 10.7. The molecule has 3 rings (SSSR count). The van der Waals surface area contributed by atoms with Crippen LogP contribution in [0.1, 0.15) is 28.8 Å². The summed E-state index contributed by atoms with van der Waals surface area (Å²) < 4.78 is 5.19. The molecule has 1 aliphatic heterocycles. The molecule has 1 atom stereocenters. The highest BCUT2D eigenvalue weighted by Crippen LogP contribution is 2.28. The zero-order valence-electron chi connectivity index (χ0n) is 10.7. The molecular weight excluding hydrogens is 226 g/mol. The first-order valence-electron chi connectivity index (χ1n) is 6.20. The third-order valence-corrected chi connectivity index (χ3v) is 3.38. The van der Waals surface area contributed by atoms with E-state index in [1.54, 1.807) is 7.11 Å². The van der Waals surface area contributed by atoms with Gasteiger partial charge in [0, 0.05) is 18.7 Å². The van der Waals surface area contributed by atoms with E-state index >= 15 is 0 Å². The highest BCUT2D eigenvalue weighted by Gasteiger charge is 2.24. The lowest BCUT2D eigenvalue weighted by Gasteiger charge is -2.23. The van der Waals surface area contributed by atoms with Crippen molar-refractivity contribution in [1.29, 1.82) is 0 Å². The van der Waals surface area contributed by atoms with Crippen molar-refractivity contribution in [2.75, 3.05) is 13.7 Å². The average molecular weight is 243 g/mol. The minimum Gasteiger partial charge on any atom is -0.497 e. The number of nitrogens with zero attached hydrogens (tertiary/aromatic N) is 1. The maximum Gasteiger partial charge on any atom is 0.118 e. The maximum atomic E-state index is 5.19. The van der Waals surface area contributed by atoms with Gasteiger partial charge in [0.25, 0.3) is 0 Å². The van der Waals surface area contributed by atoms with E-state index in [1.807, 2.05) is 19.1 Å². The monoisotopic (exact) mass is 243 g/mol. The van der Waals surface area contributed by atoms with Crippen LogP contribution in [0.4, 0.5) is 0 Å². The van der Waals surface area contributed by atoms with E-state index in [0.29, 0.717) is 0 Å². The van der Waals surface area contributed by atoms with Crippen molar-refractivity contribution in [3.8, 4) is 5.75 Å². The van der Waals surface area contributed by atoms with Crippen molar-refractivity contribution in [3.05, 3.63) is 47.0 Å². The van der Waals surface area contributed by atoms with Gasteiger partial charge in [-0.15, -0.1) is 0 Å². The van der Waals surface area contributed by atoms with Crippen molar-refractivity contribution in [2.24, 2.45) is 0 Å². The van der Waals surface area contributed by atoms with E-state index in [4.69, 9.17) is 4.74 Å². The van der Waals surface area contributed by atoms with E-state index in [1.165, 1.54) is 11.3 Å². The number of ether oxygens (including phenoxy) is 1. The van der Waals surface area contributed by atoms with Crippen molar-refractivity contribution in [3.63, 3.8) is 0 Å². The Morgan fingerprint density at radius 1 is 1.28 bits per heavy atom. The van der Waals surface area contributed by atoms with Gasteiger partial charge in [0.15, 0.2) is 0 Å². The first-order valence-corrected chi connectivity index (χ1v) is 6.20. The molecule has 4 nitrogen and oxygen atoms in total. The summed E-state index contributed by atoms with van der Waals surface area (Å²) in [5, 5.41) is 3.52. The molecule has 0 saturated carbocycles. The highest BCUT2D eigenvalue weighted by atomic mass is 16.5. The third-order valence-electron chi connectivity index (χ3n) is 3.38. The second kappa shape index (κ2) is 4.46. The van der Waals surface area contributed by atoms with E-state index in [9.17, 15) is 0 Å². The van der Waals surface area contributed by atoms with E-state index < -0.39 is 0 Å².